The molecule has 7 heteroatoms. The average molecular weight is 329 g/mol. The van der Waals surface area contributed by atoms with Gasteiger partial charge in [0.1, 0.15) is 18.0 Å². The van der Waals surface area contributed by atoms with Crippen LogP contribution in [0.25, 0.3) is 11.3 Å². The third-order valence-corrected chi connectivity index (χ3v) is 4.03. The first-order valence-electron chi connectivity index (χ1n) is 7.50. The van der Waals surface area contributed by atoms with Gasteiger partial charge in [-0.1, -0.05) is 0 Å². The summed E-state index contributed by atoms with van der Waals surface area (Å²) in [6.45, 7) is 2.56. The minimum Gasteiger partial charge on any atom is -0.294 e. The molecule has 0 aliphatic rings. The molecule has 0 saturated carbocycles. The average Bonchev–Trinajstić information content (AvgIpc) is 3.03. The van der Waals surface area contributed by atoms with E-state index in [2.05, 4.69) is 25.1 Å². The molecule has 1 atom stereocenters. The molecule has 124 valence electrons. The highest BCUT2D eigenvalue weighted by Gasteiger charge is 2.18. The van der Waals surface area contributed by atoms with Gasteiger partial charge in [0.25, 0.3) is 0 Å². The van der Waals surface area contributed by atoms with Gasteiger partial charge in [-0.2, -0.15) is 5.10 Å². The lowest BCUT2D eigenvalue weighted by Gasteiger charge is -2.24. The molecule has 1 N–H and O–H groups in total. The molecular weight excluding hydrogens is 312 g/mol. The number of hydrogen-bond acceptors (Lipinski definition) is 4. The first-order valence-corrected chi connectivity index (χ1v) is 7.50. The summed E-state index contributed by atoms with van der Waals surface area (Å²) >= 11 is 0. The zero-order valence-electron chi connectivity index (χ0n) is 13.4. The minimum absolute atomic E-state index is 0.0498. The Hall–Kier alpha value is -2.67. The van der Waals surface area contributed by atoms with Crippen LogP contribution < -0.4 is 0 Å². The molecule has 0 amide bonds. The molecule has 24 heavy (non-hydrogen) atoms. The second-order valence-electron chi connectivity index (χ2n) is 5.62. The third-order valence-electron chi connectivity index (χ3n) is 4.03. The van der Waals surface area contributed by atoms with E-state index in [0.29, 0.717) is 17.8 Å². The van der Waals surface area contributed by atoms with Gasteiger partial charge in [-0.25, -0.2) is 18.7 Å². The van der Waals surface area contributed by atoms with E-state index < -0.39 is 11.6 Å². The van der Waals surface area contributed by atoms with Crippen molar-refractivity contribution in [3.63, 3.8) is 0 Å². The standard InChI is InChI=1S/C17H17F2N5/c1-11(16-5-6-20-10-21-16)24(2)9-12-8-22-23-17(12)14-4-3-13(18)7-15(14)19/h3-8,10-11H,9H2,1-2H3,(H,22,23)/t11-/m1/s1. The molecule has 2 heterocycles. The molecule has 0 radical (unpaired) electrons. The summed E-state index contributed by atoms with van der Waals surface area (Å²) in [7, 11) is 1.95. The van der Waals surface area contributed by atoms with Crippen molar-refractivity contribution < 1.29 is 8.78 Å². The lowest BCUT2D eigenvalue weighted by Crippen LogP contribution is -2.22. The Balaban J connectivity index is 1.83. The van der Waals surface area contributed by atoms with Gasteiger partial charge in [-0.15, -0.1) is 0 Å². The van der Waals surface area contributed by atoms with E-state index in [4.69, 9.17) is 0 Å². The van der Waals surface area contributed by atoms with Gasteiger partial charge in [0.15, 0.2) is 0 Å². The van der Waals surface area contributed by atoms with Crippen LogP contribution in [-0.4, -0.2) is 32.1 Å². The molecular formula is C17H17F2N5. The van der Waals surface area contributed by atoms with Crippen LogP contribution in [0.2, 0.25) is 0 Å². The van der Waals surface area contributed by atoms with E-state index in [0.717, 1.165) is 17.3 Å². The van der Waals surface area contributed by atoms with E-state index in [1.807, 2.05) is 20.0 Å². The molecule has 0 saturated heterocycles. The van der Waals surface area contributed by atoms with Crippen LogP contribution >= 0.6 is 0 Å². The lowest BCUT2D eigenvalue weighted by molar-refractivity contribution is 0.249. The highest BCUT2D eigenvalue weighted by atomic mass is 19.1. The van der Waals surface area contributed by atoms with Gasteiger partial charge in [0.05, 0.1) is 17.6 Å². The predicted octanol–water partition coefficient (Wildman–Crippen LogP) is 3.34. The molecule has 0 spiro atoms. The Morgan fingerprint density at radius 2 is 2.08 bits per heavy atom. The molecule has 3 aromatic rings. The number of aromatic nitrogens is 4. The third kappa shape index (κ3) is 3.30. The van der Waals surface area contributed by atoms with Gasteiger partial charge < -0.3 is 0 Å². The van der Waals surface area contributed by atoms with Crippen LogP contribution in [0.15, 0.2) is 43.0 Å². The maximum absolute atomic E-state index is 14.0. The van der Waals surface area contributed by atoms with Crippen LogP contribution in [0.5, 0.6) is 0 Å². The fraction of sp³-hybridized carbons (Fsp3) is 0.235. The van der Waals surface area contributed by atoms with E-state index in [1.165, 1.54) is 18.5 Å². The topological polar surface area (TPSA) is 57.7 Å². The quantitative estimate of drug-likeness (QED) is 0.780. The second kappa shape index (κ2) is 6.84. The Labute approximate surface area is 138 Å². The van der Waals surface area contributed by atoms with Crippen LogP contribution in [0.3, 0.4) is 0 Å². The van der Waals surface area contributed by atoms with Crippen molar-refractivity contribution in [2.24, 2.45) is 0 Å². The number of benzene rings is 1. The maximum atomic E-state index is 14.0. The molecule has 1 aromatic carbocycles. The second-order valence-corrected chi connectivity index (χ2v) is 5.62. The molecule has 0 aliphatic heterocycles. The number of hydrogen-bond donors (Lipinski definition) is 1. The van der Waals surface area contributed by atoms with E-state index in [1.54, 1.807) is 12.4 Å². The largest absolute Gasteiger partial charge is 0.294 e. The summed E-state index contributed by atoms with van der Waals surface area (Å²) in [4.78, 5) is 10.2. The summed E-state index contributed by atoms with van der Waals surface area (Å²) in [5, 5.41) is 6.81. The fourth-order valence-electron chi connectivity index (χ4n) is 2.54. The SMILES string of the molecule is C[C@H](c1ccncn1)N(C)Cc1cn[nH]c1-c1ccc(F)cc1F. The van der Waals surface area contributed by atoms with Gasteiger partial charge >= 0.3 is 0 Å². The van der Waals surface area contributed by atoms with E-state index >= 15 is 0 Å². The summed E-state index contributed by atoms with van der Waals surface area (Å²) in [6.07, 6.45) is 4.86. The van der Waals surface area contributed by atoms with Crippen molar-refractivity contribution in [1.82, 2.24) is 25.1 Å². The monoisotopic (exact) mass is 329 g/mol. The van der Waals surface area contributed by atoms with Crippen molar-refractivity contribution in [3.05, 3.63) is 65.9 Å². The van der Waals surface area contributed by atoms with Gasteiger partial charge in [-0.3, -0.25) is 10.00 Å². The molecule has 2 aromatic heterocycles. The maximum Gasteiger partial charge on any atom is 0.135 e. The zero-order chi connectivity index (χ0) is 17.1. The number of halogens is 2. The minimum atomic E-state index is -0.619. The summed E-state index contributed by atoms with van der Waals surface area (Å²) in [5.41, 5.74) is 2.57. The van der Waals surface area contributed by atoms with Crippen LogP contribution in [0.1, 0.15) is 24.2 Å². The smallest absolute Gasteiger partial charge is 0.135 e. The molecule has 0 bridgehead atoms. The normalized spacial score (nSPS) is 12.5. The first-order chi connectivity index (χ1) is 11.6. The summed E-state index contributed by atoms with van der Waals surface area (Å²) < 4.78 is 27.1. The highest BCUT2D eigenvalue weighted by Crippen LogP contribution is 2.27. The van der Waals surface area contributed by atoms with Gasteiger partial charge in [0, 0.05) is 36.0 Å². The van der Waals surface area contributed by atoms with Crippen molar-refractivity contribution in [3.8, 4) is 11.3 Å². The molecule has 5 nitrogen and oxygen atoms in total. The predicted molar refractivity (Wildman–Crippen MR) is 85.9 cm³/mol. The number of H-pyrrole nitrogens is 1. The van der Waals surface area contributed by atoms with Crippen molar-refractivity contribution in [2.45, 2.75) is 19.5 Å². The van der Waals surface area contributed by atoms with Crippen LogP contribution in [-0.2, 0) is 6.54 Å². The number of nitrogens with zero attached hydrogens (tertiary/aromatic N) is 4. The highest BCUT2D eigenvalue weighted by molar-refractivity contribution is 5.63. The van der Waals surface area contributed by atoms with Crippen molar-refractivity contribution in [1.29, 1.82) is 0 Å². The van der Waals surface area contributed by atoms with Crippen molar-refractivity contribution >= 4 is 0 Å². The number of rotatable bonds is 5. The van der Waals surface area contributed by atoms with E-state index in [9.17, 15) is 8.78 Å². The molecule has 0 fully saturated rings. The fourth-order valence-corrected chi connectivity index (χ4v) is 2.54. The summed E-state index contributed by atoms with van der Waals surface area (Å²) in [6, 6.07) is 5.42. The Kier molecular flexibility index (Phi) is 4.61. The van der Waals surface area contributed by atoms with Gasteiger partial charge in [0.2, 0.25) is 0 Å². The molecule has 3 rings (SSSR count). The zero-order valence-corrected chi connectivity index (χ0v) is 13.4. The summed E-state index contributed by atoms with van der Waals surface area (Å²) in [5.74, 6) is -1.22. The Morgan fingerprint density at radius 3 is 2.79 bits per heavy atom. The molecule has 0 aliphatic carbocycles. The van der Waals surface area contributed by atoms with Gasteiger partial charge in [-0.05, 0) is 32.2 Å². The Bertz CT molecular complexity index is 819. The number of aromatic amines is 1. The lowest BCUT2D eigenvalue weighted by atomic mass is 10.1. The van der Waals surface area contributed by atoms with E-state index in [-0.39, 0.29) is 6.04 Å². The van der Waals surface area contributed by atoms with Crippen LogP contribution in [0.4, 0.5) is 8.78 Å². The molecule has 0 unspecified atom stereocenters. The van der Waals surface area contributed by atoms with Crippen molar-refractivity contribution in [2.75, 3.05) is 7.05 Å². The number of nitrogens with one attached hydrogen (secondary N) is 1. The first kappa shape index (κ1) is 16.2. The van der Waals surface area contributed by atoms with Crippen LogP contribution in [0, 0.1) is 11.6 Å². The Morgan fingerprint density at radius 1 is 1.25 bits per heavy atom.